The van der Waals surface area contributed by atoms with E-state index in [4.69, 9.17) is 0 Å². The van der Waals surface area contributed by atoms with Gasteiger partial charge in [0, 0.05) is 0 Å². The number of rotatable bonds is 0. The van der Waals surface area contributed by atoms with Gasteiger partial charge in [-0.15, -0.1) is 0 Å². The van der Waals surface area contributed by atoms with Crippen LogP contribution in [0.2, 0.25) is 9.44 Å². The van der Waals surface area contributed by atoms with Gasteiger partial charge in [-0.3, -0.25) is 0 Å². The molecule has 0 bridgehead atoms. The minimum absolute atomic E-state index is 0. The molecule has 0 amide bonds. The molecule has 0 saturated carbocycles. The summed E-state index contributed by atoms with van der Waals surface area (Å²) in [5.41, 5.74) is 3.27. The van der Waals surface area contributed by atoms with Crippen LogP contribution in [0.1, 0.15) is 11.1 Å². The van der Waals surface area contributed by atoms with Crippen molar-refractivity contribution in [2.24, 2.45) is 0 Å². The summed E-state index contributed by atoms with van der Waals surface area (Å²) in [6, 6.07) is 8.95. The van der Waals surface area contributed by atoms with Crippen molar-refractivity contribution in [3.8, 4) is 0 Å². The maximum Gasteiger partial charge on any atom is -1.00 e. The standard InChI is InChI=1S/C10H13Te.HI/c1-11-7-6-9-4-2-3-5-10(9)8-11;/h2-5H,6-8H2,1H3;1H/q+1;/p-1. The Hall–Kier alpha value is 0.740. The molecule has 2 rings (SSSR count). The summed E-state index contributed by atoms with van der Waals surface area (Å²) in [6.07, 6.45) is 1.36. The molecule has 0 saturated heterocycles. The summed E-state index contributed by atoms with van der Waals surface area (Å²) in [7, 11) is 0. The second-order valence-electron chi connectivity index (χ2n) is 3.15. The maximum absolute atomic E-state index is 2.51. The van der Waals surface area contributed by atoms with Crippen LogP contribution >= 0.6 is 0 Å². The summed E-state index contributed by atoms with van der Waals surface area (Å²) in [4.78, 5) is 2.51. The zero-order valence-electron chi connectivity index (χ0n) is 7.22. The van der Waals surface area contributed by atoms with Crippen LogP contribution in [0.3, 0.4) is 0 Å². The molecule has 66 valence electrons. The van der Waals surface area contributed by atoms with E-state index >= 15 is 0 Å². The molecular formula is C10H13ITe. The van der Waals surface area contributed by atoms with Crippen LogP contribution in [0.4, 0.5) is 0 Å². The Balaban J connectivity index is 0.000000720. The van der Waals surface area contributed by atoms with Gasteiger partial charge in [0.1, 0.15) is 0 Å². The fourth-order valence-electron chi connectivity index (χ4n) is 1.56. The molecule has 1 aromatic rings. The Morgan fingerprint density at radius 3 is 2.58 bits per heavy atom. The number of aryl methyl sites for hydroxylation is 1. The van der Waals surface area contributed by atoms with Crippen molar-refractivity contribution in [3.63, 3.8) is 0 Å². The average Bonchev–Trinajstić information content (AvgIpc) is 2.04. The van der Waals surface area contributed by atoms with Crippen LogP contribution < -0.4 is 24.0 Å². The molecule has 0 spiro atoms. The fourth-order valence-corrected chi connectivity index (χ4v) is 5.92. The van der Waals surface area contributed by atoms with Crippen molar-refractivity contribution in [3.05, 3.63) is 35.4 Å². The van der Waals surface area contributed by atoms with E-state index in [0.29, 0.717) is 0 Å². The van der Waals surface area contributed by atoms with E-state index in [1.165, 1.54) is 10.9 Å². The first kappa shape index (κ1) is 10.8. The zero-order valence-corrected chi connectivity index (χ0v) is 11.7. The Bertz CT molecular complexity index is 260. The van der Waals surface area contributed by atoms with Crippen molar-refractivity contribution in [1.82, 2.24) is 0 Å². The molecule has 1 aromatic carbocycles. The van der Waals surface area contributed by atoms with E-state index in [2.05, 4.69) is 29.2 Å². The van der Waals surface area contributed by atoms with Gasteiger partial charge >= 0.3 is 75.3 Å². The second-order valence-corrected chi connectivity index (χ2v) is 9.60. The molecule has 0 aromatic heterocycles. The van der Waals surface area contributed by atoms with Gasteiger partial charge in [-0.1, -0.05) is 0 Å². The Labute approximate surface area is 98.4 Å². The van der Waals surface area contributed by atoms with E-state index < -0.39 is 19.6 Å². The first-order chi connectivity index (χ1) is 5.36. The van der Waals surface area contributed by atoms with Crippen LogP contribution in [0.25, 0.3) is 0 Å². The molecule has 0 aliphatic carbocycles. The van der Waals surface area contributed by atoms with E-state index in [9.17, 15) is 0 Å². The predicted octanol–water partition coefficient (Wildman–Crippen LogP) is -0.547. The normalized spacial score (nSPS) is 16.4. The van der Waals surface area contributed by atoms with Crippen molar-refractivity contribution in [2.75, 3.05) is 0 Å². The first-order valence-electron chi connectivity index (χ1n) is 4.02. The van der Waals surface area contributed by atoms with Gasteiger partial charge in [0.2, 0.25) is 0 Å². The van der Waals surface area contributed by atoms with Gasteiger partial charge in [0.25, 0.3) is 0 Å². The number of hydrogen-bond acceptors (Lipinski definition) is 0. The van der Waals surface area contributed by atoms with Gasteiger partial charge in [-0.05, 0) is 0 Å². The molecule has 0 atom stereocenters. The van der Waals surface area contributed by atoms with Gasteiger partial charge in [-0.2, -0.15) is 0 Å². The number of hydrogen-bond donors (Lipinski definition) is 0. The van der Waals surface area contributed by atoms with Crippen LogP contribution in [0.5, 0.6) is 0 Å². The van der Waals surface area contributed by atoms with Gasteiger partial charge in [0.15, 0.2) is 0 Å². The smallest absolute Gasteiger partial charge is 1.00 e. The topological polar surface area (TPSA) is 0 Å². The minimum Gasteiger partial charge on any atom is -1.00 e. The summed E-state index contributed by atoms with van der Waals surface area (Å²) in [6.45, 7) is 0. The van der Waals surface area contributed by atoms with Crippen molar-refractivity contribution in [2.45, 2.75) is 20.3 Å². The summed E-state index contributed by atoms with van der Waals surface area (Å²) >= 11 is -0.606. The third-order valence-corrected chi connectivity index (χ3v) is 7.11. The number of fused-ring (bicyclic) bond motifs is 1. The quantitative estimate of drug-likeness (QED) is 0.414. The summed E-state index contributed by atoms with van der Waals surface area (Å²) in [5, 5.41) is 0. The van der Waals surface area contributed by atoms with Crippen LogP contribution in [0.15, 0.2) is 24.3 Å². The average molecular weight is 388 g/mol. The molecule has 0 unspecified atom stereocenters. The molecule has 1 heterocycles. The van der Waals surface area contributed by atoms with E-state index in [-0.39, 0.29) is 24.0 Å². The van der Waals surface area contributed by atoms with Crippen molar-refractivity contribution in [1.29, 1.82) is 0 Å². The molecule has 2 heteroatoms. The van der Waals surface area contributed by atoms with E-state index in [0.717, 1.165) is 0 Å². The molecule has 1 aliphatic rings. The van der Waals surface area contributed by atoms with Crippen LogP contribution in [-0.4, -0.2) is 19.6 Å². The third kappa shape index (κ3) is 2.37. The Morgan fingerprint density at radius 1 is 1.17 bits per heavy atom. The minimum atomic E-state index is -0.606. The van der Waals surface area contributed by atoms with Crippen LogP contribution in [0, 0.1) is 0 Å². The zero-order chi connectivity index (χ0) is 7.68. The van der Waals surface area contributed by atoms with Crippen LogP contribution in [-0.2, 0) is 10.9 Å². The van der Waals surface area contributed by atoms with E-state index in [1.807, 2.05) is 0 Å². The molecule has 1 aliphatic heterocycles. The molecule has 0 N–H and O–H groups in total. The largest absolute Gasteiger partial charge is 1.00 e. The molecule has 0 fully saturated rings. The molecule has 0 radical (unpaired) electrons. The SMILES string of the molecule is C[Te+]1CCc2ccccc2C1.[I-]. The van der Waals surface area contributed by atoms with Crippen molar-refractivity contribution >= 4 is 19.6 Å². The molecule has 0 nitrogen and oxygen atoms in total. The molecule has 12 heavy (non-hydrogen) atoms. The third-order valence-electron chi connectivity index (χ3n) is 2.24. The van der Waals surface area contributed by atoms with Gasteiger partial charge < -0.3 is 24.0 Å². The van der Waals surface area contributed by atoms with Crippen molar-refractivity contribution < 1.29 is 24.0 Å². The maximum atomic E-state index is 2.51. The Kier molecular flexibility index (Phi) is 4.36. The van der Waals surface area contributed by atoms with Gasteiger partial charge in [0.05, 0.1) is 0 Å². The molecular weight excluding hydrogens is 375 g/mol. The number of halogens is 1. The predicted molar refractivity (Wildman–Crippen MR) is 50.3 cm³/mol. The van der Waals surface area contributed by atoms with E-state index in [1.54, 1.807) is 15.6 Å². The summed E-state index contributed by atoms with van der Waals surface area (Å²) < 4.78 is 3.00. The second kappa shape index (κ2) is 4.83. The fraction of sp³-hybridized carbons (Fsp3) is 0.400. The number of benzene rings is 1. The monoisotopic (exact) mass is 390 g/mol. The summed E-state index contributed by atoms with van der Waals surface area (Å²) in [5.74, 6) is 0. The van der Waals surface area contributed by atoms with Gasteiger partial charge in [-0.25, -0.2) is 0 Å². The Morgan fingerprint density at radius 2 is 1.83 bits per heavy atom. The first-order valence-corrected chi connectivity index (χ1v) is 9.65.